The summed E-state index contributed by atoms with van der Waals surface area (Å²) in [7, 11) is 0. The van der Waals surface area contributed by atoms with Crippen molar-refractivity contribution in [2.75, 3.05) is 0 Å². The molecule has 0 aliphatic heterocycles. The number of hydrogen-bond acceptors (Lipinski definition) is 4. The van der Waals surface area contributed by atoms with Gasteiger partial charge in [-0.2, -0.15) is 0 Å². The molecule has 0 aliphatic carbocycles. The van der Waals surface area contributed by atoms with E-state index in [0.29, 0.717) is 17.5 Å². The quantitative estimate of drug-likeness (QED) is 0.184. The average Bonchev–Trinajstić information content (AvgIpc) is 3.55. The van der Waals surface area contributed by atoms with Gasteiger partial charge in [-0.15, -0.1) is 0 Å². The first-order chi connectivity index (χ1) is 23.3. The zero-order chi connectivity index (χ0) is 31.2. The second kappa shape index (κ2) is 11.2. The fraction of sp³-hybridized carbons (Fsp3) is 0. The fourth-order valence-electron chi connectivity index (χ4n) is 6.46. The number of nitrogens with zero attached hydrogens (tertiary/aromatic N) is 5. The summed E-state index contributed by atoms with van der Waals surface area (Å²) in [5.74, 6) is 1.88. The molecule has 3 aromatic heterocycles. The van der Waals surface area contributed by atoms with Crippen LogP contribution in [0.4, 0.5) is 0 Å². The van der Waals surface area contributed by atoms with E-state index in [2.05, 4.69) is 89.5 Å². The van der Waals surface area contributed by atoms with Gasteiger partial charge in [-0.1, -0.05) is 133 Å². The molecule has 47 heavy (non-hydrogen) atoms. The first kappa shape index (κ1) is 26.9. The van der Waals surface area contributed by atoms with Crippen molar-refractivity contribution in [3.63, 3.8) is 0 Å². The van der Waals surface area contributed by atoms with Crippen LogP contribution >= 0.6 is 0 Å². The third-order valence-corrected chi connectivity index (χ3v) is 8.63. The lowest BCUT2D eigenvalue weighted by Crippen LogP contribution is -2.01. The second-order valence-electron chi connectivity index (χ2n) is 11.6. The van der Waals surface area contributed by atoms with Gasteiger partial charge in [0.2, 0.25) is 0 Å². The van der Waals surface area contributed by atoms with E-state index in [1.807, 2.05) is 78.9 Å². The van der Waals surface area contributed by atoms with Crippen LogP contribution in [0.3, 0.4) is 0 Å². The van der Waals surface area contributed by atoms with Crippen LogP contribution in [-0.4, -0.2) is 24.3 Å². The second-order valence-corrected chi connectivity index (χ2v) is 11.6. The lowest BCUT2D eigenvalue weighted by molar-refractivity contribution is 1.08. The molecule has 0 unspecified atom stereocenters. The molecular formula is C42H27N5. The van der Waals surface area contributed by atoms with Gasteiger partial charge in [0.05, 0.1) is 11.4 Å². The highest BCUT2D eigenvalue weighted by molar-refractivity contribution is 6.15. The number of fused-ring (bicyclic) bond motifs is 4. The van der Waals surface area contributed by atoms with Crippen molar-refractivity contribution < 1.29 is 0 Å². The van der Waals surface area contributed by atoms with Crippen molar-refractivity contribution >= 4 is 27.2 Å². The van der Waals surface area contributed by atoms with Crippen molar-refractivity contribution in [1.82, 2.24) is 24.3 Å². The third kappa shape index (κ3) is 4.73. The molecule has 0 saturated carbocycles. The largest absolute Gasteiger partial charge is 0.299 e. The molecule has 0 spiro atoms. The molecule has 0 atom stereocenters. The zero-order valence-corrected chi connectivity index (χ0v) is 25.3. The van der Waals surface area contributed by atoms with Gasteiger partial charge in [0.1, 0.15) is 5.65 Å². The third-order valence-electron chi connectivity index (χ3n) is 8.63. The van der Waals surface area contributed by atoms with E-state index in [1.54, 1.807) is 0 Å². The molecule has 9 aromatic rings. The molecule has 6 aromatic carbocycles. The Morgan fingerprint density at radius 1 is 0.404 bits per heavy atom. The molecular weight excluding hydrogens is 574 g/mol. The SMILES string of the molecule is c1ccc(-c2nc(-c3ccccc3)nc(-c3cc(-c4nc5ccccn5c4-c4ccccc4)cc4ccc5ccccc5c34)n2)cc1. The summed E-state index contributed by atoms with van der Waals surface area (Å²) in [5, 5.41) is 4.50. The molecule has 9 rings (SSSR count). The van der Waals surface area contributed by atoms with Crippen LogP contribution in [0.15, 0.2) is 164 Å². The van der Waals surface area contributed by atoms with Crippen molar-refractivity contribution in [3.8, 4) is 56.7 Å². The number of aromatic nitrogens is 5. The fourth-order valence-corrected chi connectivity index (χ4v) is 6.46. The summed E-state index contributed by atoms with van der Waals surface area (Å²) in [6.07, 6.45) is 2.08. The predicted octanol–water partition coefficient (Wildman–Crippen LogP) is 10.2. The normalized spacial score (nSPS) is 11.4. The van der Waals surface area contributed by atoms with Crippen LogP contribution < -0.4 is 0 Å². The van der Waals surface area contributed by atoms with Crippen molar-refractivity contribution in [1.29, 1.82) is 0 Å². The Hall–Kier alpha value is -6.46. The molecule has 0 N–H and O–H groups in total. The molecule has 5 nitrogen and oxygen atoms in total. The Morgan fingerprint density at radius 3 is 1.68 bits per heavy atom. The minimum absolute atomic E-state index is 0.617. The summed E-state index contributed by atoms with van der Waals surface area (Å²) in [4.78, 5) is 20.5. The number of rotatable bonds is 5. The van der Waals surface area contributed by atoms with Gasteiger partial charge in [-0.3, -0.25) is 4.40 Å². The maximum atomic E-state index is 5.20. The lowest BCUT2D eigenvalue weighted by atomic mass is 9.93. The zero-order valence-electron chi connectivity index (χ0n) is 25.3. The molecule has 0 fully saturated rings. The molecule has 0 aliphatic rings. The highest BCUT2D eigenvalue weighted by Gasteiger charge is 2.21. The molecule has 0 radical (unpaired) electrons. The van der Waals surface area contributed by atoms with Gasteiger partial charge in [-0.25, -0.2) is 19.9 Å². The molecule has 0 amide bonds. The van der Waals surface area contributed by atoms with E-state index in [1.165, 1.54) is 0 Å². The van der Waals surface area contributed by atoms with E-state index in [4.69, 9.17) is 19.9 Å². The monoisotopic (exact) mass is 601 g/mol. The summed E-state index contributed by atoms with van der Waals surface area (Å²) in [6.45, 7) is 0. The summed E-state index contributed by atoms with van der Waals surface area (Å²) in [5.41, 5.74) is 7.72. The van der Waals surface area contributed by atoms with Crippen LogP contribution in [0.25, 0.3) is 83.9 Å². The van der Waals surface area contributed by atoms with E-state index in [0.717, 1.165) is 66.4 Å². The van der Waals surface area contributed by atoms with E-state index in [-0.39, 0.29) is 0 Å². The van der Waals surface area contributed by atoms with Gasteiger partial charge in [0, 0.05) is 39.4 Å². The lowest BCUT2D eigenvalue weighted by Gasteiger charge is -2.14. The summed E-state index contributed by atoms with van der Waals surface area (Å²) >= 11 is 0. The van der Waals surface area contributed by atoms with E-state index in [9.17, 15) is 0 Å². The molecule has 3 heterocycles. The van der Waals surface area contributed by atoms with E-state index >= 15 is 0 Å². The number of benzene rings is 6. The van der Waals surface area contributed by atoms with Gasteiger partial charge >= 0.3 is 0 Å². The first-order valence-electron chi connectivity index (χ1n) is 15.7. The van der Waals surface area contributed by atoms with Crippen LogP contribution in [0.5, 0.6) is 0 Å². The first-order valence-corrected chi connectivity index (χ1v) is 15.7. The molecule has 220 valence electrons. The van der Waals surface area contributed by atoms with Gasteiger partial charge in [0.15, 0.2) is 17.5 Å². The summed E-state index contributed by atoms with van der Waals surface area (Å²) in [6, 6.07) is 54.2. The van der Waals surface area contributed by atoms with Crippen molar-refractivity contribution in [3.05, 3.63) is 164 Å². The smallest absolute Gasteiger partial charge is 0.164 e. The van der Waals surface area contributed by atoms with Gasteiger partial charge in [-0.05, 0) is 40.4 Å². The Labute approximate surface area is 271 Å². The highest BCUT2D eigenvalue weighted by atomic mass is 15.0. The van der Waals surface area contributed by atoms with Crippen LogP contribution in [0.1, 0.15) is 0 Å². The van der Waals surface area contributed by atoms with Gasteiger partial charge in [0.25, 0.3) is 0 Å². The molecule has 0 saturated heterocycles. The Kier molecular flexibility index (Phi) is 6.39. The Balaban J connectivity index is 1.38. The number of pyridine rings is 1. The maximum absolute atomic E-state index is 5.20. The maximum Gasteiger partial charge on any atom is 0.164 e. The van der Waals surface area contributed by atoms with Crippen molar-refractivity contribution in [2.24, 2.45) is 0 Å². The minimum atomic E-state index is 0.617. The van der Waals surface area contributed by atoms with E-state index < -0.39 is 0 Å². The predicted molar refractivity (Wildman–Crippen MR) is 191 cm³/mol. The standard InChI is InChI=1S/C42H27N5/c1-4-15-29(16-5-1)39-38(43-36-22-12-13-25-47(36)39)33-26-32-24-23-28-14-10-11-21-34(28)37(32)35(27-33)42-45-40(30-17-6-2-7-18-30)44-41(46-42)31-19-8-3-9-20-31/h1-27H. The number of imidazole rings is 1. The number of hydrogen-bond donors (Lipinski definition) is 0. The van der Waals surface area contributed by atoms with Crippen LogP contribution in [0, 0.1) is 0 Å². The Morgan fingerprint density at radius 2 is 0.979 bits per heavy atom. The highest BCUT2D eigenvalue weighted by Crippen LogP contribution is 2.40. The summed E-state index contributed by atoms with van der Waals surface area (Å²) < 4.78 is 2.17. The van der Waals surface area contributed by atoms with Crippen molar-refractivity contribution in [2.45, 2.75) is 0 Å². The minimum Gasteiger partial charge on any atom is -0.299 e. The Bertz CT molecular complexity index is 2500. The van der Waals surface area contributed by atoms with Crippen LogP contribution in [0.2, 0.25) is 0 Å². The van der Waals surface area contributed by atoms with Gasteiger partial charge < -0.3 is 0 Å². The molecule has 0 bridgehead atoms. The average molecular weight is 602 g/mol. The topological polar surface area (TPSA) is 56.0 Å². The molecule has 5 heteroatoms. The van der Waals surface area contributed by atoms with Crippen LogP contribution in [-0.2, 0) is 0 Å².